The Bertz CT molecular complexity index is 2160. The first-order valence-electron chi connectivity index (χ1n) is 30.7. The van der Waals surface area contributed by atoms with Crippen LogP contribution in [0.5, 0.6) is 0 Å². The summed E-state index contributed by atoms with van der Waals surface area (Å²) >= 11 is 0. The molecule has 4 aliphatic rings. The summed E-state index contributed by atoms with van der Waals surface area (Å²) in [5.41, 5.74) is 2.65. The third-order valence-electron chi connectivity index (χ3n) is 11.4. The van der Waals surface area contributed by atoms with Gasteiger partial charge in [0.05, 0.1) is 38.6 Å². The van der Waals surface area contributed by atoms with Crippen LogP contribution in [0, 0.1) is 47.3 Å². The Morgan fingerprint density at radius 2 is 1.02 bits per heavy atom. The van der Waals surface area contributed by atoms with Gasteiger partial charge in [0.1, 0.15) is 32.3 Å². The van der Waals surface area contributed by atoms with E-state index in [9.17, 15) is 57.5 Å². The molecule has 4 fully saturated rings. The van der Waals surface area contributed by atoms with Crippen molar-refractivity contribution in [3.05, 3.63) is 0 Å². The highest BCUT2D eigenvalue weighted by Gasteiger charge is 2.41. The third kappa shape index (κ3) is 48.4. The number of hydrogen-bond donors (Lipinski definition) is 15. The number of hydroxylamine groups is 4. The maximum absolute atomic E-state index is 11.1. The topological polar surface area (TPSA) is 491 Å². The quantitative estimate of drug-likeness (QED) is 0.0332. The molecule has 15 N–H and O–H groups in total. The maximum Gasteiger partial charge on any atom is 0.413 e. The van der Waals surface area contributed by atoms with E-state index in [0.717, 1.165) is 29.4 Å². The van der Waals surface area contributed by atoms with Crippen LogP contribution in [0.25, 0.3) is 0 Å². The number of carbonyl (C=O) groups is 12. The highest BCUT2D eigenvalue weighted by molar-refractivity contribution is 6.05. The number of aliphatic hydroxyl groups excluding tert-OH is 7. The van der Waals surface area contributed by atoms with Crippen molar-refractivity contribution in [3.8, 4) is 0 Å². The van der Waals surface area contributed by atoms with Crippen LogP contribution in [0.1, 0.15) is 170 Å². The number of amides is 14. The molecule has 0 aromatic rings. The molecule has 538 valence electrons. The average molecular weight is 1330 g/mol. The molecule has 4 rings (SSSR count). The number of alkyl carbamates (subject to hydrolysis) is 1. The van der Waals surface area contributed by atoms with E-state index >= 15 is 0 Å². The summed E-state index contributed by atoms with van der Waals surface area (Å²) < 4.78 is 9.64. The van der Waals surface area contributed by atoms with Crippen molar-refractivity contribution < 1.29 is 113 Å². The molecule has 0 aliphatic carbocycles. The number of rotatable bonds is 21. The van der Waals surface area contributed by atoms with Gasteiger partial charge in [0.15, 0.2) is 0 Å². The van der Waals surface area contributed by atoms with Gasteiger partial charge in [-0.3, -0.25) is 63.8 Å². The molecule has 0 saturated carbocycles. The van der Waals surface area contributed by atoms with Crippen LogP contribution < -0.4 is 32.0 Å². The van der Waals surface area contributed by atoms with Gasteiger partial charge in [0, 0.05) is 56.6 Å². The number of nitrogens with one attached hydrogen (secondary N) is 6. The minimum Gasteiger partial charge on any atom is -0.449 e. The van der Waals surface area contributed by atoms with Crippen molar-refractivity contribution in [2.24, 2.45) is 47.3 Å². The van der Waals surface area contributed by atoms with Crippen molar-refractivity contribution >= 4 is 71.3 Å². The van der Waals surface area contributed by atoms with Gasteiger partial charge in [-0.15, -0.1) is 0 Å². The molecule has 33 heteroatoms. The highest BCUT2D eigenvalue weighted by atomic mass is 16.6. The van der Waals surface area contributed by atoms with Crippen molar-refractivity contribution in [2.75, 3.05) is 59.6 Å². The number of carbonyl (C=O) groups excluding carboxylic acids is 12. The summed E-state index contributed by atoms with van der Waals surface area (Å²) in [6, 6.07) is -0.699. The van der Waals surface area contributed by atoms with Crippen molar-refractivity contribution in [2.45, 2.75) is 200 Å². The predicted octanol–water partition coefficient (Wildman–Crippen LogP) is 1.23. The summed E-state index contributed by atoms with van der Waals surface area (Å²) in [4.78, 5) is 131. The third-order valence-corrected chi connectivity index (χ3v) is 11.4. The van der Waals surface area contributed by atoms with Crippen LogP contribution in [0.15, 0.2) is 0 Å². The average Bonchev–Trinajstić information content (AvgIpc) is 1.76. The van der Waals surface area contributed by atoms with E-state index in [1.54, 1.807) is 13.8 Å². The Hall–Kier alpha value is -6.40. The molecule has 0 radical (unpaired) electrons. The Balaban J connectivity index is -0.000000310. The maximum atomic E-state index is 11.1. The zero-order chi connectivity index (χ0) is 72.7. The van der Waals surface area contributed by atoms with Crippen molar-refractivity contribution in [1.82, 2.24) is 52.0 Å². The van der Waals surface area contributed by atoms with Gasteiger partial charge in [-0.05, 0) is 96.3 Å². The minimum absolute atomic E-state index is 0.00296. The fourth-order valence-electron chi connectivity index (χ4n) is 6.77. The number of aliphatic hydroxyl groups is 7. The first kappa shape index (κ1) is 94.3. The summed E-state index contributed by atoms with van der Waals surface area (Å²) in [5.74, 6) is -2.47. The molecule has 4 heterocycles. The summed E-state index contributed by atoms with van der Waals surface area (Å²) in [5, 5.41) is 89.6. The number of ether oxygens (including phenoxy) is 2. The molecule has 4 unspecified atom stereocenters. The molecule has 4 saturated heterocycles. The fourth-order valence-corrected chi connectivity index (χ4v) is 6.77. The lowest BCUT2D eigenvalue weighted by Crippen LogP contribution is -2.46. The second-order valence-corrected chi connectivity index (χ2v) is 24.2. The molecule has 14 amide bonds. The van der Waals surface area contributed by atoms with Crippen molar-refractivity contribution in [1.29, 1.82) is 0 Å². The largest absolute Gasteiger partial charge is 0.449 e. The minimum atomic E-state index is -1.16. The molecule has 0 aromatic heterocycles. The summed E-state index contributed by atoms with van der Waals surface area (Å²) in [6.07, 6.45) is -0.269. The number of nitrogens with zero attached hydrogens (tertiary/aromatic N) is 4. The molecule has 4 atom stereocenters. The normalized spacial score (nSPS) is 17.3. The van der Waals surface area contributed by atoms with E-state index < -0.39 is 66.3 Å². The molecule has 92 heavy (non-hydrogen) atoms. The number of hydrogen-bond acceptors (Lipinski definition) is 24. The standard InChI is InChI=1S/C8H13NO3.C7H12N2O3.C7H13NO4.2C7H11NO3.C7H16O2.C6H14N2O2.C5H12N2O2.C5H12O/c1-5(2)3-6-4-7(10)9(12)8(6)11;1-4(2)8-9-6(11)3-5(10)7(9)12;1-5(2)4-12-7(11)8-6(10)3-9;1-4(2)8-6(10)3-5(9)7(8)11;1-4(2)5-3-6(9)8(11)7(5)10;1-7(2)3-5-9-6-4-8;1-5(2)3-7-6(10)8-4-9;1-4(2)7-5(9)6-3-8;1-5(2)3-4-6/h5-6,12H,3-4H2,1-2H3;4-5,8,10H,3H2,1-2H3;5,9H,3-4H2,1-2H3,(H,8,10,11);4-5,9H,3H2,1-2H3;4-5,11H,3H2,1-2H3;7-8H,3-6H2,1-2H3;5,9H,3-4H2,1-2H3,(H2,7,8,10);4,8H,3H2,1-2H3,(H2,6,7,9);5-6H,3-4H2,1-2H3. The van der Waals surface area contributed by atoms with Crippen LogP contribution in [0.4, 0.5) is 14.4 Å². The smallest absolute Gasteiger partial charge is 0.413 e. The number of hydrazine groups is 1. The lowest BCUT2D eigenvalue weighted by atomic mass is 9.95. The first-order valence-corrected chi connectivity index (χ1v) is 30.7. The zero-order valence-corrected chi connectivity index (χ0v) is 57.3. The molecule has 0 aromatic carbocycles. The Morgan fingerprint density at radius 1 is 0.522 bits per heavy atom. The lowest BCUT2D eigenvalue weighted by molar-refractivity contribution is -0.173. The van der Waals surface area contributed by atoms with E-state index in [4.69, 9.17) is 50.9 Å². The van der Waals surface area contributed by atoms with E-state index in [-0.39, 0.29) is 128 Å². The van der Waals surface area contributed by atoms with Crippen LogP contribution in [-0.2, 0) is 52.6 Å². The number of urea groups is 2. The second kappa shape index (κ2) is 54.0. The van der Waals surface area contributed by atoms with Crippen molar-refractivity contribution in [3.63, 3.8) is 0 Å². The van der Waals surface area contributed by atoms with Crippen LogP contribution >= 0.6 is 0 Å². The van der Waals surface area contributed by atoms with Gasteiger partial charge >= 0.3 is 18.2 Å². The Kier molecular flexibility index (Phi) is 55.4. The zero-order valence-electron chi connectivity index (χ0n) is 57.3. The van der Waals surface area contributed by atoms with Crippen LogP contribution in [0.2, 0.25) is 0 Å². The Morgan fingerprint density at radius 3 is 1.33 bits per heavy atom. The van der Waals surface area contributed by atoms with Gasteiger partial charge < -0.3 is 66.5 Å². The molecule has 33 nitrogen and oxygen atoms in total. The molecular weight excluding hydrogens is 1220 g/mol. The highest BCUT2D eigenvalue weighted by Crippen LogP contribution is 2.25. The summed E-state index contributed by atoms with van der Waals surface area (Å²) in [6.45, 7) is 36.0. The molecule has 0 spiro atoms. The SMILES string of the molecule is CC(C)C1CC(=O)N(O)C1=O.CC(C)CC1CC(=O)N(O)C1=O.CC(C)CCO.CC(C)CCOCCO.CC(C)CNC(=O)NCO.CC(C)COC(=O)NC(=O)CO.CC(C)N1C(=O)CC(O)C1=O.CC(C)NC(=O)NCO.CC(C)NN1C(=O)CC(O)C1=O. The van der Waals surface area contributed by atoms with Crippen LogP contribution in [-0.4, -0.2) is 227 Å². The first-order chi connectivity index (χ1) is 42.5. The monoisotopic (exact) mass is 1330 g/mol. The van der Waals surface area contributed by atoms with Gasteiger partial charge in [-0.2, -0.15) is 10.1 Å². The number of imide groups is 5. The number of likely N-dealkylation sites (tertiary alicyclic amines) is 1. The Labute approximate surface area is 541 Å². The van der Waals surface area contributed by atoms with Gasteiger partial charge in [-0.25, -0.2) is 24.8 Å². The van der Waals surface area contributed by atoms with Gasteiger partial charge in [-0.1, -0.05) is 83.1 Å². The molecular formula is C59H114N10O23. The van der Waals surface area contributed by atoms with E-state index in [0.29, 0.717) is 49.9 Å². The fraction of sp³-hybridized carbons (Fsp3) is 0.797. The lowest BCUT2D eigenvalue weighted by Gasteiger charge is -2.17. The second-order valence-electron chi connectivity index (χ2n) is 24.2. The van der Waals surface area contributed by atoms with E-state index in [1.165, 1.54) is 0 Å². The molecule has 4 aliphatic heterocycles. The van der Waals surface area contributed by atoms with Gasteiger partial charge in [0.25, 0.3) is 41.4 Å². The predicted molar refractivity (Wildman–Crippen MR) is 334 cm³/mol. The van der Waals surface area contributed by atoms with E-state index in [2.05, 4.69) is 59.1 Å². The van der Waals surface area contributed by atoms with Gasteiger partial charge in [0.2, 0.25) is 11.8 Å². The van der Waals surface area contributed by atoms with Crippen LogP contribution in [0.3, 0.4) is 0 Å². The molecule has 0 bridgehead atoms. The van der Waals surface area contributed by atoms with E-state index in [1.807, 2.05) is 88.4 Å². The summed E-state index contributed by atoms with van der Waals surface area (Å²) in [7, 11) is 0.